The summed E-state index contributed by atoms with van der Waals surface area (Å²) in [6.45, 7) is 0. The van der Waals surface area contributed by atoms with Crippen molar-refractivity contribution in [2.24, 2.45) is 0 Å². The zero-order valence-electron chi connectivity index (χ0n) is 9.56. The molecule has 0 unspecified atom stereocenters. The molecule has 98 valence electrons. The molecule has 6 heteroatoms. The fourth-order valence-corrected chi connectivity index (χ4v) is 1.80. The average Bonchev–Trinajstić information content (AvgIpc) is 2.33. The summed E-state index contributed by atoms with van der Waals surface area (Å²) in [5, 5.41) is 9.05. The molecule has 4 nitrogen and oxygen atoms in total. The molecule has 19 heavy (non-hydrogen) atoms. The molecule has 0 aliphatic rings. The number of carbonyl (C=O) groups is 1. The third-order valence-electron chi connectivity index (χ3n) is 2.35. The standard InChI is InChI=1S/C13H9BrFNO3/c14-10-4-1-7(15)5-12(10)19-11-6-8(16)2-3-9(11)13(17)18/h1-6H,16H2,(H,17,18). The summed E-state index contributed by atoms with van der Waals surface area (Å²) >= 11 is 3.20. The lowest BCUT2D eigenvalue weighted by molar-refractivity contribution is 0.0694. The van der Waals surface area contributed by atoms with Crippen LogP contribution >= 0.6 is 15.9 Å². The molecule has 0 aromatic heterocycles. The molecule has 2 aromatic rings. The maximum absolute atomic E-state index is 13.1. The topological polar surface area (TPSA) is 72.6 Å². The Morgan fingerprint density at radius 3 is 2.63 bits per heavy atom. The van der Waals surface area contributed by atoms with Crippen LogP contribution in [0.4, 0.5) is 10.1 Å². The highest BCUT2D eigenvalue weighted by molar-refractivity contribution is 9.10. The summed E-state index contributed by atoms with van der Waals surface area (Å²) in [4.78, 5) is 11.1. The maximum atomic E-state index is 13.1. The van der Waals surface area contributed by atoms with Crippen LogP contribution in [0.3, 0.4) is 0 Å². The van der Waals surface area contributed by atoms with E-state index in [-0.39, 0.29) is 17.1 Å². The van der Waals surface area contributed by atoms with Crippen LogP contribution in [0, 0.1) is 5.82 Å². The van der Waals surface area contributed by atoms with Gasteiger partial charge in [-0.15, -0.1) is 0 Å². The summed E-state index contributed by atoms with van der Waals surface area (Å²) < 4.78 is 19.1. The number of nitrogens with two attached hydrogens (primary N) is 1. The van der Waals surface area contributed by atoms with Crippen LogP contribution in [-0.2, 0) is 0 Å². The van der Waals surface area contributed by atoms with Gasteiger partial charge in [-0.05, 0) is 40.2 Å². The van der Waals surface area contributed by atoms with Crippen molar-refractivity contribution in [3.8, 4) is 11.5 Å². The predicted molar refractivity (Wildman–Crippen MR) is 72.0 cm³/mol. The maximum Gasteiger partial charge on any atom is 0.339 e. The van der Waals surface area contributed by atoms with Gasteiger partial charge in [-0.1, -0.05) is 0 Å². The molecular formula is C13H9BrFNO3. The van der Waals surface area contributed by atoms with Crippen LogP contribution in [0.15, 0.2) is 40.9 Å². The monoisotopic (exact) mass is 325 g/mol. The van der Waals surface area contributed by atoms with Gasteiger partial charge in [0, 0.05) is 17.8 Å². The molecule has 2 rings (SSSR count). The summed E-state index contributed by atoms with van der Waals surface area (Å²) in [5.41, 5.74) is 5.89. The Balaban J connectivity index is 2.45. The smallest absolute Gasteiger partial charge is 0.339 e. The Hall–Kier alpha value is -2.08. The van der Waals surface area contributed by atoms with Crippen molar-refractivity contribution in [3.05, 3.63) is 52.3 Å². The zero-order valence-corrected chi connectivity index (χ0v) is 11.1. The van der Waals surface area contributed by atoms with E-state index in [4.69, 9.17) is 15.6 Å². The van der Waals surface area contributed by atoms with Crippen molar-refractivity contribution in [1.29, 1.82) is 0 Å². The number of carboxylic acid groups (broad SMARTS) is 1. The van der Waals surface area contributed by atoms with E-state index in [9.17, 15) is 9.18 Å². The minimum atomic E-state index is -1.15. The quantitative estimate of drug-likeness (QED) is 0.844. The van der Waals surface area contributed by atoms with E-state index in [1.807, 2.05) is 0 Å². The lowest BCUT2D eigenvalue weighted by Gasteiger charge is -2.11. The second kappa shape index (κ2) is 5.27. The van der Waals surface area contributed by atoms with Crippen LogP contribution in [0.1, 0.15) is 10.4 Å². The number of nitrogen functional groups attached to an aromatic ring is 1. The van der Waals surface area contributed by atoms with Gasteiger partial charge in [0.25, 0.3) is 0 Å². The van der Waals surface area contributed by atoms with Crippen LogP contribution in [-0.4, -0.2) is 11.1 Å². The third kappa shape index (κ3) is 3.03. The van der Waals surface area contributed by atoms with Gasteiger partial charge in [0.05, 0.1) is 4.47 Å². The Bertz CT molecular complexity index is 646. The first-order valence-corrected chi connectivity index (χ1v) is 6.02. The molecule has 0 bridgehead atoms. The van der Waals surface area contributed by atoms with Gasteiger partial charge in [0.1, 0.15) is 22.9 Å². The van der Waals surface area contributed by atoms with Crippen molar-refractivity contribution >= 4 is 27.6 Å². The normalized spacial score (nSPS) is 10.2. The predicted octanol–water partition coefficient (Wildman–Crippen LogP) is 3.66. The highest BCUT2D eigenvalue weighted by Gasteiger charge is 2.14. The minimum Gasteiger partial charge on any atom is -0.478 e. The average molecular weight is 326 g/mol. The highest BCUT2D eigenvalue weighted by atomic mass is 79.9. The molecule has 0 spiro atoms. The van der Waals surface area contributed by atoms with Crippen LogP contribution in [0.5, 0.6) is 11.5 Å². The fraction of sp³-hybridized carbons (Fsp3) is 0. The first kappa shape index (κ1) is 13.4. The lowest BCUT2D eigenvalue weighted by Crippen LogP contribution is -2.01. The minimum absolute atomic E-state index is 0.0506. The largest absolute Gasteiger partial charge is 0.478 e. The van der Waals surface area contributed by atoms with E-state index < -0.39 is 11.8 Å². The van der Waals surface area contributed by atoms with E-state index in [0.29, 0.717) is 10.2 Å². The molecule has 0 atom stereocenters. The van der Waals surface area contributed by atoms with Gasteiger partial charge in [0.2, 0.25) is 0 Å². The Labute approximate surface area is 116 Å². The van der Waals surface area contributed by atoms with Crippen LogP contribution < -0.4 is 10.5 Å². The first-order chi connectivity index (χ1) is 8.97. The van der Waals surface area contributed by atoms with Gasteiger partial charge in [-0.25, -0.2) is 9.18 Å². The van der Waals surface area contributed by atoms with Gasteiger partial charge in [0.15, 0.2) is 0 Å². The molecule has 0 saturated carbocycles. The molecule has 0 radical (unpaired) electrons. The van der Waals surface area contributed by atoms with Gasteiger partial charge >= 0.3 is 5.97 Å². The first-order valence-electron chi connectivity index (χ1n) is 5.23. The molecule has 0 aliphatic heterocycles. The number of hydrogen-bond donors (Lipinski definition) is 2. The highest BCUT2D eigenvalue weighted by Crippen LogP contribution is 2.33. The second-order valence-electron chi connectivity index (χ2n) is 3.74. The molecule has 0 aliphatic carbocycles. The van der Waals surface area contributed by atoms with Crippen molar-refractivity contribution in [2.75, 3.05) is 5.73 Å². The number of aromatic carboxylic acids is 1. The third-order valence-corrected chi connectivity index (χ3v) is 3.00. The Kier molecular flexibility index (Phi) is 3.71. The molecule has 2 aromatic carbocycles. The molecule has 0 amide bonds. The Morgan fingerprint density at radius 1 is 1.21 bits per heavy atom. The van der Waals surface area contributed by atoms with Crippen LogP contribution in [0.2, 0.25) is 0 Å². The fourth-order valence-electron chi connectivity index (χ4n) is 1.47. The number of ether oxygens (including phenoxy) is 1. The SMILES string of the molecule is Nc1ccc(C(=O)O)c(Oc2cc(F)ccc2Br)c1. The number of benzene rings is 2. The lowest BCUT2D eigenvalue weighted by atomic mass is 10.2. The number of anilines is 1. The molecule has 0 heterocycles. The van der Waals surface area contributed by atoms with Crippen molar-refractivity contribution in [3.63, 3.8) is 0 Å². The second-order valence-corrected chi connectivity index (χ2v) is 4.59. The number of hydrogen-bond acceptors (Lipinski definition) is 3. The zero-order chi connectivity index (χ0) is 14.0. The summed E-state index contributed by atoms with van der Waals surface area (Å²) in [5.74, 6) is -1.41. The van der Waals surface area contributed by atoms with E-state index in [1.165, 1.54) is 30.3 Å². The molecular weight excluding hydrogens is 317 g/mol. The van der Waals surface area contributed by atoms with Gasteiger partial charge in [-0.3, -0.25) is 0 Å². The molecule has 0 saturated heterocycles. The van der Waals surface area contributed by atoms with Crippen molar-refractivity contribution in [2.45, 2.75) is 0 Å². The number of halogens is 2. The van der Waals surface area contributed by atoms with E-state index in [1.54, 1.807) is 0 Å². The van der Waals surface area contributed by atoms with E-state index in [0.717, 1.165) is 6.07 Å². The molecule has 0 fully saturated rings. The molecule has 3 N–H and O–H groups in total. The van der Waals surface area contributed by atoms with Gasteiger partial charge in [-0.2, -0.15) is 0 Å². The van der Waals surface area contributed by atoms with Crippen LogP contribution in [0.25, 0.3) is 0 Å². The van der Waals surface area contributed by atoms with E-state index in [2.05, 4.69) is 15.9 Å². The van der Waals surface area contributed by atoms with Crippen molar-refractivity contribution in [1.82, 2.24) is 0 Å². The Morgan fingerprint density at radius 2 is 1.95 bits per heavy atom. The van der Waals surface area contributed by atoms with Crippen molar-refractivity contribution < 1.29 is 19.0 Å². The number of rotatable bonds is 3. The van der Waals surface area contributed by atoms with E-state index >= 15 is 0 Å². The summed E-state index contributed by atoms with van der Waals surface area (Å²) in [6.07, 6.45) is 0. The summed E-state index contributed by atoms with van der Waals surface area (Å²) in [6, 6.07) is 8.04. The summed E-state index contributed by atoms with van der Waals surface area (Å²) in [7, 11) is 0. The number of carboxylic acids is 1. The van der Waals surface area contributed by atoms with Gasteiger partial charge < -0.3 is 15.6 Å².